The number of fused-ring (bicyclic) bond motifs is 1. The van der Waals surface area contributed by atoms with E-state index in [9.17, 15) is 0 Å². The molecular weight excluding hydrogens is 355 g/mol. The Hall–Kier alpha value is -0.0500. The van der Waals surface area contributed by atoms with E-state index in [-0.39, 0.29) is 0 Å². The molecule has 110 valence electrons. The van der Waals surface area contributed by atoms with Crippen LogP contribution in [0, 0.1) is 21.3 Å². The molecule has 0 saturated heterocycles. The lowest BCUT2D eigenvalue weighted by Gasteiger charge is -2.42. The van der Waals surface area contributed by atoms with Crippen LogP contribution in [0.2, 0.25) is 0 Å². The van der Waals surface area contributed by atoms with E-state index >= 15 is 0 Å². The topological polar surface area (TPSA) is 0 Å². The van der Waals surface area contributed by atoms with Crippen LogP contribution in [-0.4, -0.2) is 0 Å². The highest BCUT2D eigenvalue weighted by Crippen LogP contribution is 2.48. The first-order valence-corrected chi connectivity index (χ1v) is 9.59. The van der Waals surface area contributed by atoms with Gasteiger partial charge in [-0.3, -0.25) is 0 Å². The Kier molecular flexibility index (Phi) is 5.06. The van der Waals surface area contributed by atoms with Crippen LogP contribution in [-0.2, 0) is 0 Å². The molecular formula is C19H27I. The van der Waals surface area contributed by atoms with Crippen LogP contribution in [0.4, 0.5) is 0 Å². The highest BCUT2D eigenvalue weighted by Gasteiger charge is 2.35. The molecule has 0 amide bonds. The van der Waals surface area contributed by atoms with E-state index in [1.807, 2.05) is 0 Å². The van der Waals surface area contributed by atoms with Gasteiger partial charge in [-0.15, -0.1) is 0 Å². The van der Waals surface area contributed by atoms with Crippen LogP contribution in [0.1, 0.15) is 69.8 Å². The standard InChI is InChI=1S/C19H27I/c1-2-3-14-4-5-18-13-17(7-6-16(18)12-14)15-8-10-19(20)11-9-15/h8-11,14,16-18H,2-7,12-13H2,1H3/t14-,16-,17+,18+/m0/s1. The van der Waals surface area contributed by atoms with Gasteiger partial charge in [-0.1, -0.05) is 38.3 Å². The summed E-state index contributed by atoms with van der Waals surface area (Å²) in [4.78, 5) is 0. The zero-order chi connectivity index (χ0) is 13.9. The molecule has 0 heterocycles. The molecule has 0 radical (unpaired) electrons. The lowest BCUT2D eigenvalue weighted by molar-refractivity contribution is 0.114. The third kappa shape index (κ3) is 3.40. The smallest absolute Gasteiger partial charge is 0.0130 e. The monoisotopic (exact) mass is 382 g/mol. The van der Waals surface area contributed by atoms with Gasteiger partial charge < -0.3 is 0 Å². The molecule has 1 aromatic carbocycles. The number of rotatable bonds is 3. The van der Waals surface area contributed by atoms with Crippen LogP contribution in [0.5, 0.6) is 0 Å². The van der Waals surface area contributed by atoms with Gasteiger partial charge in [0.15, 0.2) is 0 Å². The van der Waals surface area contributed by atoms with E-state index in [4.69, 9.17) is 0 Å². The van der Waals surface area contributed by atoms with Gasteiger partial charge in [-0.2, -0.15) is 0 Å². The fourth-order valence-electron chi connectivity index (χ4n) is 4.69. The van der Waals surface area contributed by atoms with Gasteiger partial charge in [0, 0.05) is 3.57 Å². The second-order valence-electron chi connectivity index (χ2n) is 7.05. The molecule has 2 saturated carbocycles. The maximum absolute atomic E-state index is 2.41. The predicted octanol–water partition coefficient (Wildman–Crippen LogP) is 6.39. The Morgan fingerprint density at radius 1 is 0.950 bits per heavy atom. The van der Waals surface area contributed by atoms with Crippen molar-refractivity contribution >= 4 is 22.6 Å². The van der Waals surface area contributed by atoms with E-state index in [0.29, 0.717) is 0 Å². The van der Waals surface area contributed by atoms with Gasteiger partial charge in [-0.05, 0) is 96.1 Å². The van der Waals surface area contributed by atoms with E-state index in [0.717, 1.165) is 23.7 Å². The van der Waals surface area contributed by atoms with E-state index in [1.165, 1.54) is 54.9 Å². The number of hydrogen-bond donors (Lipinski definition) is 0. The summed E-state index contributed by atoms with van der Waals surface area (Å²) in [7, 11) is 0. The van der Waals surface area contributed by atoms with Crippen molar-refractivity contribution in [2.75, 3.05) is 0 Å². The van der Waals surface area contributed by atoms with E-state index in [2.05, 4.69) is 53.8 Å². The fraction of sp³-hybridized carbons (Fsp3) is 0.684. The van der Waals surface area contributed by atoms with Crippen molar-refractivity contribution in [3.05, 3.63) is 33.4 Å². The van der Waals surface area contributed by atoms with Crippen LogP contribution < -0.4 is 0 Å². The zero-order valence-electron chi connectivity index (χ0n) is 12.7. The number of halogens is 1. The summed E-state index contributed by atoms with van der Waals surface area (Å²) in [5.74, 6) is 3.98. The van der Waals surface area contributed by atoms with Gasteiger partial charge in [0.05, 0.1) is 0 Å². The van der Waals surface area contributed by atoms with Crippen molar-refractivity contribution in [1.29, 1.82) is 0 Å². The molecule has 0 aliphatic heterocycles. The van der Waals surface area contributed by atoms with Crippen LogP contribution >= 0.6 is 22.6 Å². The predicted molar refractivity (Wildman–Crippen MR) is 95.0 cm³/mol. The minimum Gasteiger partial charge on any atom is -0.0654 e. The second kappa shape index (κ2) is 6.81. The summed E-state index contributed by atoms with van der Waals surface area (Å²) in [6, 6.07) is 9.30. The van der Waals surface area contributed by atoms with E-state index < -0.39 is 0 Å². The number of benzene rings is 1. The van der Waals surface area contributed by atoms with Gasteiger partial charge >= 0.3 is 0 Å². The largest absolute Gasteiger partial charge is 0.0654 e. The third-order valence-corrected chi connectivity index (χ3v) is 6.48. The molecule has 20 heavy (non-hydrogen) atoms. The van der Waals surface area contributed by atoms with Gasteiger partial charge in [0.1, 0.15) is 0 Å². The highest BCUT2D eigenvalue weighted by molar-refractivity contribution is 14.1. The summed E-state index contributed by atoms with van der Waals surface area (Å²) < 4.78 is 1.36. The number of hydrogen-bond acceptors (Lipinski definition) is 0. The Morgan fingerprint density at radius 2 is 1.65 bits per heavy atom. The summed E-state index contributed by atoms with van der Waals surface area (Å²) >= 11 is 2.41. The van der Waals surface area contributed by atoms with E-state index in [1.54, 1.807) is 5.56 Å². The Labute approximate surface area is 137 Å². The van der Waals surface area contributed by atoms with Crippen molar-refractivity contribution in [3.63, 3.8) is 0 Å². The van der Waals surface area contributed by atoms with Crippen LogP contribution in [0.3, 0.4) is 0 Å². The average Bonchev–Trinajstić information content (AvgIpc) is 2.48. The van der Waals surface area contributed by atoms with Crippen molar-refractivity contribution in [3.8, 4) is 0 Å². The SMILES string of the molecule is CCC[C@H]1CC[C@@H]2C[C@H](c3ccc(I)cc3)CC[C@H]2C1. The molecule has 1 aromatic rings. The van der Waals surface area contributed by atoms with Crippen molar-refractivity contribution in [2.45, 2.75) is 64.2 Å². The maximum Gasteiger partial charge on any atom is 0.0130 e. The summed E-state index contributed by atoms with van der Waals surface area (Å²) in [6.45, 7) is 2.35. The van der Waals surface area contributed by atoms with Gasteiger partial charge in [-0.25, -0.2) is 0 Å². The van der Waals surface area contributed by atoms with Gasteiger partial charge in [0.25, 0.3) is 0 Å². The molecule has 0 spiro atoms. The van der Waals surface area contributed by atoms with Crippen molar-refractivity contribution < 1.29 is 0 Å². The quantitative estimate of drug-likeness (QED) is 0.531. The summed E-state index contributed by atoms with van der Waals surface area (Å²) in [5, 5.41) is 0. The lowest BCUT2D eigenvalue weighted by Crippen LogP contribution is -2.30. The minimum absolute atomic E-state index is 0.843. The Morgan fingerprint density at radius 3 is 2.40 bits per heavy atom. The Bertz CT molecular complexity index is 422. The molecule has 0 bridgehead atoms. The van der Waals surface area contributed by atoms with Crippen molar-refractivity contribution in [2.24, 2.45) is 17.8 Å². The zero-order valence-corrected chi connectivity index (χ0v) is 14.8. The van der Waals surface area contributed by atoms with Gasteiger partial charge in [0.2, 0.25) is 0 Å². The first-order chi connectivity index (χ1) is 9.76. The average molecular weight is 382 g/mol. The molecule has 0 nitrogen and oxygen atoms in total. The molecule has 2 aliphatic rings. The molecule has 1 heteroatoms. The molecule has 4 atom stereocenters. The molecule has 2 fully saturated rings. The Balaban J connectivity index is 1.61. The molecule has 0 unspecified atom stereocenters. The molecule has 0 N–H and O–H groups in total. The summed E-state index contributed by atoms with van der Waals surface area (Å²) in [5.41, 5.74) is 1.60. The third-order valence-electron chi connectivity index (χ3n) is 5.76. The van der Waals surface area contributed by atoms with Crippen molar-refractivity contribution in [1.82, 2.24) is 0 Å². The highest BCUT2D eigenvalue weighted by atomic mass is 127. The summed E-state index contributed by atoms with van der Waals surface area (Å²) in [6.07, 6.45) is 11.8. The molecule has 0 aromatic heterocycles. The normalized spacial score (nSPS) is 33.7. The molecule has 2 aliphatic carbocycles. The van der Waals surface area contributed by atoms with Crippen LogP contribution in [0.25, 0.3) is 0 Å². The van der Waals surface area contributed by atoms with Crippen LogP contribution in [0.15, 0.2) is 24.3 Å². The maximum atomic E-state index is 2.41. The molecule has 3 rings (SSSR count). The second-order valence-corrected chi connectivity index (χ2v) is 8.30. The first kappa shape index (κ1) is 14.9. The fourth-order valence-corrected chi connectivity index (χ4v) is 5.05. The first-order valence-electron chi connectivity index (χ1n) is 8.51. The lowest BCUT2D eigenvalue weighted by atomic mass is 9.63. The minimum atomic E-state index is 0.843.